The molecule has 1 saturated heterocycles. The van der Waals surface area contributed by atoms with Crippen molar-refractivity contribution in [1.82, 2.24) is 20.1 Å². The van der Waals surface area contributed by atoms with Crippen molar-refractivity contribution in [2.45, 2.75) is 33.2 Å². The molecule has 2 N–H and O–H groups in total. The van der Waals surface area contributed by atoms with E-state index in [0.29, 0.717) is 24.2 Å². The molecule has 1 aliphatic rings. The summed E-state index contributed by atoms with van der Waals surface area (Å²) in [6, 6.07) is 19.4. The fraction of sp³-hybridized carbons (Fsp3) is 0.333. The van der Waals surface area contributed by atoms with Crippen molar-refractivity contribution in [3.63, 3.8) is 0 Å². The Morgan fingerprint density at radius 1 is 0.879 bits per heavy atom. The maximum atomic E-state index is 12.8. The second kappa shape index (κ2) is 10.5. The van der Waals surface area contributed by atoms with Gasteiger partial charge in [-0.1, -0.05) is 30.3 Å². The molecule has 2 amide bonds. The molecule has 2 aromatic carbocycles. The number of para-hydroxylation sites is 1. The number of benzene rings is 2. The molecule has 1 fully saturated rings. The molecule has 0 spiro atoms. The maximum Gasteiger partial charge on any atom is 0.253 e. The van der Waals surface area contributed by atoms with Crippen LogP contribution in [-0.2, 0) is 6.54 Å². The van der Waals surface area contributed by atoms with Crippen LogP contribution in [0.3, 0.4) is 0 Å². The third-order valence-corrected chi connectivity index (χ3v) is 6.27. The van der Waals surface area contributed by atoms with Gasteiger partial charge in [0.25, 0.3) is 11.8 Å². The van der Waals surface area contributed by atoms with E-state index < -0.39 is 0 Å². The normalized spacial score (nSPS) is 13.8. The van der Waals surface area contributed by atoms with E-state index in [-0.39, 0.29) is 11.8 Å². The molecule has 1 aliphatic heterocycles. The van der Waals surface area contributed by atoms with Crippen molar-refractivity contribution in [3.05, 3.63) is 88.7 Å². The lowest BCUT2D eigenvalue weighted by atomic mass is 10.1. The number of rotatable bonds is 8. The highest BCUT2D eigenvalue weighted by molar-refractivity contribution is 5.96. The van der Waals surface area contributed by atoms with Crippen molar-refractivity contribution in [2.75, 3.05) is 26.2 Å². The fourth-order valence-electron chi connectivity index (χ4n) is 4.45. The molecule has 0 radical (unpaired) electrons. The summed E-state index contributed by atoms with van der Waals surface area (Å²) in [4.78, 5) is 27.6. The van der Waals surface area contributed by atoms with Gasteiger partial charge in [-0.2, -0.15) is 0 Å². The first-order chi connectivity index (χ1) is 16.0. The summed E-state index contributed by atoms with van der Waals surface area (Å²) in [5, 5.41) is 6.00. The van der Waals surface area contributed by atoms with E-state index in [1.54, 1.807) is 0 Å². The van der Waals surface area contributed by atoms with Gasteiger partial charge in [0.2, 0.25) is 0 Å². The minimum atomic E-state index is -0.103. The minimum Gasteiger partial charge on any atom is -0.351 e. The summed E-state index contributed by atoms with van der Waals surface area (Å²) in [6.07, 6.45) is 2.51. The second-order valence-electron chi connectivity index (χ2n) is 8.64. The highest BCUT2D eigenvalue weighted by Crippen LogP contribution is 2.20. The second-order valence-corrected chi connectivity index (χ2v) is 8.64. The standard InChI is InChI=1S/C27H32N4O2/c1-20-18-25(21(2)31(20)24-8-4-3-5-9-24)27(33)29-19-22-10-12-23(13-11-22)26(32)28-14-17-30-15-6-7-16-30/h3-5,8-13,18H,6-7,14-17,19H2,1-2H3,(H,28,32)(H,29,33). The van der Waals surface area contributed by atoms with Crippen LogP contribution in [0.1, 0.15) is 50.5 Å². The third kappa shape index (κ3) is 5.52. The van der Waals surface area contributed by atoms with Gasteiger partial charge in [0.05, 0.1) is 5.56 Å². The summed E-state index contributed by atoms with van der Waals surface area (Å²) in [6.45, 7) is 8.21. The fourth-order valence-corrected chi connectivity index (χ4v) is 4.45. The number of carbonyl (C=O) groups is 2. The highest BCUT2D eigenvalue weighted by Gasteiger charge is 2.16. The van der Waals surface area contributed by atoms with Crippen LogP contribution in [0.15, 0.2) is 60.7 Å². The van der Waals surface area contributed by atoms with Gasteiger partial charge in [0, 0.05) is 42.3 Å². The zero-order valence-corrected chi connectivity index (χ0v) is 19.4. The Bertz CT molecular complexity index is 1100. The zero-order chi connectivity index (χ0) is 23.2. The van der Waals surface area contributed by atoms with E-state index in [1.807, 2.05) is 74.5 Å². The van der Waals surface area contributed by atoms with Gasteiger partial charge >= 0.3 is 0 Å². The van der Waals surface area contributed by atoms with E-state index in [1.165, 1.54) is 12.8 Å². The van der Waals surface area contributed by atoms with Crippen molar-refractivity contribution >= 4 is 11.8 Å². The first-order valence-corrected chi connectivity index (χ1v) is 11.6. The molecule has 172 valence electrons. The number of amides is 2. The largest absolute Gasteiger partial charge is 0.351 e. The van der Waals surface area contributed by atoms with E-state index >= 15 is 0 Å². The molecule has 0 unspecified atom stereocenters. The summed E-state index contributed by atoms with van der Waals surface area (Å²) in [5.74, 6) is -0.160. The Morgan fingerprint density at radius 2 is 1.58 bits per heavy atom. The van der Waals surface area contributed by atoms with Crippen molar-refractivity contribution in [2.24, 2.45) is 0 Å². The SMILES string of the molecule is Cc1cc(C(=O)NCc2ccc(C(=O)NCCN3CCCC3)cc2)c(C)n1-c1ccccc1. The monoisotopic (exact) mass is 444 g/mol. The van der Waals surface area contributed by atoms with Crippen LogP contribution >= 0.6 is 0 Å². The van der Waals surface area contributed by atoms with Gasteiger partial charge in [-0.25, -0.2) is 0 Å². The number of likely N-dealkylation sites (tertiary alicyclic amines) is 1. The average molecular weight is 445 g/mol. The number of hydrogen-bond acceptors (Lipinski definition) is 3. The molecule has 4 rings (SSSR count). The van der Waals surface area contributed by atoms with Crippen LogP contribution in [0.2, 0.25) is 0 Å². The quantitative estimate of drug-likeness (QED) is 0.555. The van der Waals surface area contributed by atoms with Crippen LogP contribution in [0.5, 0.6) is 0 Å². The summed E-state index contributed by atoms with van der Waals surface area (Å²) >= 11 is 0. The molecular weight excluding hydrogens is 412 g/mol. The molecule has 0 bridgehead atoms. The molecule has 1 aromatic heterocycles. The molecule has 6 heteroatoms. The number of aromatic nitrogens is 1. The molecule has 0 atom stereocenters. The van der Waals surface area contributed by atoms with Gasteiger partial charge in [-0.3, -0.25) is 9.59 Å². The number of carbonyl (C=O) groups excluding carboxylic acids is 2. The van der Waals surface area contributed by atoms with E-state index in [2.05, 4.69) is 20.1 Å². The first-order valence-electron chi connectivity index (χ1n) is 11.6. The third-order valence-electron chi connectivity index (χ3n) is 6.27. The molecule has 6 nitrogen and oxygen atoms in total. The number of nitrogens with one attached hydrogen (secondary N) is 2. The number of nitrogens with zero attached hydrogens (tertiary/aromatic N) is 2. The van der Waals surface area contributed by atoms with Gasteiger partial charge in [0.15, 0.2) is 0 Å². The number of aryl methyl sites for hydroxylation is 1. The first kappa shape index (κ1) is 22.8. The van der Waals surface area contributed by atoms with E-state index in [0.717, 1.165) is 42.3 Å². The van der Waals surface area contributed by atoms with E-state index in [4.69, 9.17) is 0 Å². The Hall–Kier alpha value is -3.38. The Morgan fingerprint density at radius 3 is 2.27 bits per heavy atom. The molecule has 33 heavy (non-hydrogen) atoms. The van der Waals surface area contributed by atoms with Crippen LogP contribution in [0, 0.1) is 13.8 Å². The van der Waals surface area contributed by atoms with Gasteiger partial charge in [0.1, 0.15) is 0 Å². The van der Waals surface area contributed by atoms with Crippen molar-refractivity contribution in [1.29, 1.82) is 0 Å². The lowest BCUT2D eigenvalue weighted by Crippen LogP contribution is -2.33. The lowest BCUT2D eigenvalue weighted by Gasteiger charge is -2.14. The smallest absolute Gasteiger partial charge is 0.253 e. The number of hydrogen-bond donors (Lipinski definition) is 2. The van der Waals surface area contributed by atoms with Crippen LogP contribution in [-0.4, -0.2) is 47.5 Å². The lowest BCUT2D eigenvalue weighted by molar-refractivity contribution is 0.0940. The summed E-state index contributed by atoms with van der Waals surface area (Å²) in [7, 11) is 0. The molecule has 2 heterocycles. The van der Waals surface area contributed by atoms with Crippen LogP contribution in [0.4, 0.5) is 0 Å². The van der Waals surface area contributed by atoms with Crippen LogP contribution < -0.4 is 10.6 Å². The summed E-state index contributed by atoms with van der Waals surface area (Å²) in [5.41, 5.74) is 5.24. The Balaban J connectivity index is 1.31. The Kier molecular flexibility index (Phi) is 7.25. The van der Waals surface area contributed by atoms with Gasteiger partial charge < -0.3 is 20.1 Å². The van der Waals surface area contributed by atoms with Crippen LogP contribution in [0.25, 0.3) is 5.69 Å². The zero-order valence-electron chi connectivity index (χ0n) is 19.4. The topological polar surface area (TPSA) is 66.4 Å². The van der Waals surface area contributed by atoms with Crippen molar-refractivity contribution < 1.29 is 9.59 Å². The van der Waals surface area contributed by atoms with Gasteiger partial charge in [-0.05, 0) is 75.7 Å². The van der Waals surface area contributed by atoms with Gasteiger partial charge in [-0.15, -0.1) is 0 Å². The average Bonchev–Trinajstić information content (AvgIpc) is 3.45. The molecule has 0 aliphatic carbocycles. The minimum absolute atomic E-state index is 0.0573. The molecule has 3 aromatic rings. The molecular formula is C27H32N4O2. The Labute approximate surface area is 195 Å². The summed E-state index contributed by atoms with van der Waals surface area (Å²) < 4.78 is 2.09. The highest BCUT2D eigenvalue weighted by atomic mass is 16.2. The maximum absolute atomic E-state index is 12.8. The molecule has 0 saturated carbocycles. The van der Waals surface area contributed by atoms with E-state index in [9.17, 15) is 9.59 Å². The predicted octanol–water partition coefficient (Wildman–Crippen LogP) is 3.85. The van der Waals surface area contributed by atoms with Crippen molar-refractivity contribution in [3.8, 4) is 5.69 Å². The predicted molar refractivity (Wildman–Crippen MR) is 131 cm³/mol.